The molecule has 0 amide bonds. The Morgan fingerprint density at radius 3 is 1.69 bits per heavy atom. The summed E-state index contributed by atoms with van der Waals surface area (Å²) in [6.45, 7) is 3.76. The predicted molar refractivity (Wildman–Crippen MR) is 138 cm³/mol. The van der Waals surface area contributed by atoms with Crippen LogP contribution in [0, 0.1) is 22.7 Å². The SMILES string of the molecule is CC1(C)O[C@H](c2ccc(-n3c4ccccc4c4ccccc43)cc2)[C@@H](c2cc(C#N)cc(C#N)c2)O1. The summed E-state index contributed by atoms with van der Waals surface area (Å²) in [6, 6.07) is 34.6. The van der Waals surface area contributed by atoms with Crippen molar-refractivity contribution in [2.24, 2.45) is 0 Å². The topological polar surface area (TPSA) is 71.0 Å². The Morgan fingerprint density at radius 1 is 0.667 bits per heavy atom. The number of hydrogen-bond acceptors (Lipinski definition) is 4. The zero-order valence-corrected chi connectivity index (χ0v) is 20.0. The third-order valence-corrected chi connectivity index (χ3v) is 6.70. The zero-order chi connectivity index (χ0) is 24.9. The Balaban J connectivity index is 1.43. The second kappa shape index (κ2) is 8.36. The molecule has 2 atom stereocenters. The van der Waals surface area contributed by atoms with Crippen LogP contribution >= 0.6 is 0 Å². The maximum atomic E-state index is 9.45. The van der Waals surface area contributed by atoms with Gasteiger partial charge in [0.25, 0.3) is 0 Å². The fourth-order valence-corrected chi connectivity index (χ4v) is 5.21. The minimum Gasteiger partial charge on any atom is -0.339 e. The van der Waals surface area contributed by atoms with Gasteiger partial charge >= 0.3 is 0 Å². The lowest BCUT2D eigenvalue weighted by Crippen LogP contribution is -2.20. The molecule has 1 aliphatic rings. The summed E-state index contributed by atoms with van der Waals surface area (Å²) >= 11 is 0. The van der Waals surface area contributed by atoms with Crippen LogP contribution in [0.3, 0.4) is 0 Å². The molecule has 0 radical (unpaired) electrons. The summed E-state index contributed by atoms with van der Waals surface area (Å²) in [5.74, 6) is -0.809. The molecule has 0 unspecified atom stereocenters. The Labute approximate surface area is 209 Å². The highest BCUT2D eigenvalue weighted by Crippen LogP contribution is 2.47. The number of benzene rings is 4. The molecule has 1 aromatic heterocycles. The van der Waals surface area contributed by atoms with Crippen molar-refractivity contribution in [3.8, 4) is 17.8 Å². The molecule has 0 saturated carbocycles. The van der Waals surface area contributed by atoms with E-state index in [2.05, 4.69) is 89.5 Å². The van der Waals surface area contributed by atoms with E-state index in [9.17, 15) is 10.5 Å². The molecule has 0 N–H and O–H groups in total. The van der Waals surface area contributed by atoms with E-state index in [-0.39, 0.29) is 6.10 Å². The minimum atomic E-state index is -0.809. The predicted octanol–water partition coefficient (Wildman–Crippen LogP) is 7.09. The number of hydrogen-bond donors (Lipinski definition) is 0. The summed E-state index contributed by atoms with van der Waals surface area (Å²) in [5.41, 5.74) is 5.95. The largest absolute Gasteiger partial charge is 0.339 e. The van der Waals surface area contributed by atoms with Crippen LogP contribution in [-0.2, 0) is 9.47 Å². The van der Waals surface area contributed by atoms with Crippen LogP contribution in [0.5, 0.6) is 0 Å². The van der Waals surface area contributed by atoms with Crippen LogP contribution in [0.2, 0.25) is 0 Å². The van der Waals surface area contributed by atoms with Gasteiger partial charge in [0.05, 0.1) is 34.3 Å². The highest BCUT2D eigenvalue weighted by Gasteiger charge is 2.43. The van der Waals surface area contributed by atoms with Crippen molar-refractivity contribution in [1.82, 2.24) is 4.57 Å². The second-order valence-corrected chi connectivity index (χ2v) is 9.51. The van der Waals surface area contributed by atoms with Gasteiger partial charge in [-0.05, 0) is 67.4 Å². The molecule has 0 bridgehead atoms. The summed E-state index contributed by atoms with van der Waals surface area (Å²) in [7, 11) is 0. The standard InChI is InChI=1S/C31H23N3O2/c1-31(2)35-29(30(36-31)23-16-20(18-32)15-21(17-23)19-33)22-11-13-24(14-12-22)34-27-9-5-3-7-25(27)26-8-4-6-10-28(26)34/h3-17,29-30H,1-2H3/t29-,30-/m1/s1. The van der Waals surface area contributed by atoms with Gasteiger partial charge in [-0.3, -0.25) is 0 Å². The molecule has 0 aliphatic carbocycles. The third kappa shape index (κ3) is 3.63. The minimum absolute atomic E-state index is 0.382. The van der Waals surface area contributed by atoms with E-state index in [4.69, 9.17) is 9.47 Å². The van der Waals surface area contributed by atoms with E-state index in [0.717, 1.165) is 27.8 Å². The first-order chi connectivity index (χ1) is 17.5. The van der Waals surface area contributed by atoms with E-state index >= 15 is 0 Å². The van der Waals surface area contributed by atoms with Crippen molar-refractivity contribution < 1.29 is 9.47 Å². The van der Waals surface area contributed by atoms with E-state index in [1.165, 1.54) is 10.8 Å². The second-order valence-electron chi connectivity index (χ2n) is 9.51. The lowest BCUT2D eigenvalue weighted by molar-refractivity contribution is -0.147. The maximum Gasteiger partial charge on any atom is 0.164 e. The van der Waals surface area contributed by atoms with Gasteiger partial charge in [-0.1, -0.05) is 48.5 Å². The molecule has 5 aromatic rings. The average molecular weight is 470 g/mol. The Morgan fingerprint density at radius 2 is 1.17 bits per heavy atom. The smallest absolute Gasteiger partial charge is 0.164 e. The fourth-order valence-electron chi connectivity index (χ4n) is 5.21. The van der Waals surface area contributed by atoms with Gasteiger partial charge in [0.2, 0.25) is 0 Å². The van der Waals surface area contributed by atoms with Gasteiger partial charge in [-0.25, -0.2) is 0 Å². The molecule has 4 aromatic carbocycles. The molecule has 174 valence electrons. The zero-order valence-electron chi connectivity index (χ0n) is 20.0. The van der Waals surface area contributed by atoms with Gasteiger partial charge in [0.1, 0.15) is 12.2 Å². The van der Waals surface area contributed by atoms with Gasteiger partial charge in [0, 0.05) is 16.5 Å². The number of ether oxygens (including phenoxy) is 2. The van der Waals surface area contributed by atoms with E-state index in [0.29, 0.717) is 11.1 Å². The summed E-state index contributed by atoms with van der Waals surface area (Å²) in [6.07, 6.45) is -0.827. The van der Waals surface area contributed by atoms with Crippen LogP contribution in [0.4, 0.5) is 0 Å². The van der Waals surface area contributed by atoms with Gasteiger partial charge in [-0.15, -0.1) is 0 Å². The highest BCUT2D eigenvalue weighted by molar-refractivity contribution is 6.09. The molecule has 5 heteroatoms. The average Bonchev–Trinajstić information content (AvgIpc) is 3.42. The van der Waals surface area contributed by atoms with Gasteiger partial charge < -0.3 is 14.0 Å². The molecule has 0 spiro atoms. The molecular formula is C31H23N3O2. The normalized spacial score (nSPS) is 18.8. The molecule has 2 heterocycles. The lowest BCUT2D eigenvalue weighted by atomic mass is 9.95. The van der Waals surface area contributed by atoms with Crippen LogP contribution in [0.15, 0.2) is 91.0 Å². The number of rotatable bonds is 3. The highest BCUT2D eigenvalue weighted by atomic mass is 16.7. The van der Waals surface area contributed by atoms with Gasteiger partial charge in [-0.2, -0.15) is 10.5 Å². The van der Waals surface area contributed by atoms with Crippen LogP contribution in [0.1, 0.15) is 48.3 Å². The molecule has 1 aliphatic heterocycles. The monoisotopic (exact) mass is 469 g/mol. The number of aromatic nitrogens is 1. The number of nitrogens with zero attached hydrogens (tertiary/aromatic N) is 3. The molecule has 36 heavy (non-hydrogen) atoms. The van der Waals surface area contributed by atoms with Crippen molar-refractivity contribution in [3.63, 3.8) is 0 Å². The Hall–Kier alpha value is -4.42. The van der Waals surface area contributed by atoms with Crippen molar-refractivity contribution in [1.29, 1.82) is 10.5 Å². The Bertz CT molecular complexity index is 1620. The van der Waals surface area contributed by atoms with Crippen LogP contribution in [0.25, 0.3) is 27.5 Å². The number of para-hydroxylation sites is 2. The van der Waals surface area contributed by atoms with Crippen molar-refractivity contribution in [2.45, 2.75) is 31.8 Å². The summed E-state index contributed by atoms with van der Waals surface area (Å²) in [4.78, 5) is 0. The molecule has 1 saturated heterocycles. The van der Waals surface area contributed by atoms with Crippen molar-refractivity contribution in [3.05, 3.63) is 113 Å². The molecule has 1 fully saturated rings. The van der Waals surface area contributed by atoms with E-state index in [1.54, 1.807) is 18.2 Å². The first-order valence-electron chi connectivity index (χ1n) is 11.9. The van der Waals surface area contributed by atoms with Crippen molar-refractivity contribution in [2.75, 3.05) is 0 Å². The molecular weight excluding hydrogens is 446 g/mol. The fraction of sp³-hybridized carbons (Fsp3) is 0.161. The molecule has 5 nitrogen and oxygen atoms in total. The summed E-state index contributed by atoms with van der Waals surface area (Å²) < 4.78 is 14.9. The maximum absolute atomic E-state index is 9.45. The van der Waals surface area contributed by atoms with Gasteiger partial charge in [0.15, 0.2) is 5.79 Å². The summed E-state index contributed by atoms with van der Waals surface area (Å²) in [5, 5.41) is 21.3. The molecule has 6 rings (SSSR count). The Kier molecular flexibility index (Phi) is 5.12. The first kappa shape index (κ1) is 22.1. The first-order valence-corrected chi connectivity index (χ1v) is 11.9. The van der Waals surface area contributed by atoms with Crippen LogP contribution in [-0.4, -0.2) is 10.4 Å². The quantitative estimate of drug-likeness (QED) is 0.283. The number of nitriles is 2. The lowest BCUT2D eigenvalue weighted by Gasteiger charge is -2.19. The van der Waals surface area contributed by atoms with Crippen LogP contribution < -0.4 is 0 Å². The third-order valence-electron chi connectivity index (χ3n) is 6.70. The van der Waals surface area contributed by atoms with Crippen molar-refractivity contribution >= 4 is 21.8 Å². The van der Waals surface area contributed by atoms with E-state index < -0.39 is 11.9 Å². The number of fused-ring (bicyclic) bond motifs is 3. The van der Waals surface area contributed by atoms with E-state index in [1.807, 2.05) is 13.8 Å².